The summed E-state index contributed by atoms with van der Waals surface area (Å²) in [5.41, 5.74) is 6.30. The van der Waals surface area contributed by atoms with E-state index in [-0.39, 0.29) is 11.5 Å². The van der Waals surface area contributed by atoms with Crippen molar-refractivity contribution in [3.63, 3.8) is 0 Å². The highest BCUT2D eigenvalue weighted by Gasteiger charge is 2.63. The number of halogens is 1. The molecular weight excluding hydrogens is 456 g/mol. The van der Waals surface area contributed by atoms with Gasteiger partial charge < -0.3 is 5.11 Å². The van der Waals surface area contributed by atoms with E-state index in [1.165, 1.54) is 67.8 Å². The van der Waals surface area contributed by atoms with E-state index in [9.17, 15) is 5.11 Å². The third kappa shape index (κ3) is 3.47. The van der Waals surface area contributed by atoms with Crippen molar-refractivity contribution in [3.05, 3.63) is 21.2 Å². The van der Waals surface area contributed by atoms with Crippen molar-refractivity contribution < 1.29 is 5.11 Å². The van der Waals surface area contributed by atoms with Crippen LogP contribution in [0.2, 0.25) is 0 Å². The van der Waals surface area contributed by atoms with E-state index in [4.69, 9.17) is 0 Å². The molecule has 2 saturated carbocycles. The second-order valence-corrected chi connectivity index (χ2v) is 14.6. The quantitative estimate of drug-likeness (QED) is 0.378. The summed E-state index contributed by atoms with van der Waals surface area (Å²) >= 11 is 3.82. The fraction of sp³-hybridized carbons (Fsp3) is 0.867. The molecule has 1 N–H and O–H groups in total. The van der Waals surface area contributed by atoms with Gasteiger partial charge in [-0.05, 0) is 122 Å². The molecule has 4 rings (SSSR count). The normalized spacial score (nSPS) is 43.9. The highest BCUT2D eigenvalue weighted by molar-refractivity contribution is 9.11. The monoisotopic (exact) mass is 504 g/mol. The van der Waals surface area contributed by atoms with E-state index in [0.29, 0.717) is 22.2 Å². The van der Waals surface area contributed by atoms with Gasteiger partial charge in [0.1, 0.15) is 0 Å². The van der Waals surface area contributed by atoms with Gasteiger partial charge in [0.2, 0.25) is 0 Å². The van der Waals surface area contributed by atoms with Crippen molar-refractivity contribution in [1.82, 2.24) is 0 Å². The first-order valence-electron chi connectivity index (χ1n) is 13.5. The third-order valence-electron chi connectivity index (χ3n) is 11.8. The molecule has 0 amide bonds. The number of aliphatic hydroxyl groups is 1. The maximum absolute atomic E-state index is 10.8. The Kier molecular flexibility index (Phi) is 6.45. The van der Waals surface area contributed by atoms with Crippen molar-refractivity contribution >= 4 is 15.9 Å². The zero-order valence-corrected chi connectivity index (χ0v) is 23.8. The van der Waals surface area contributed by atoms with Crippen LogP contribution in [0.1, 0.15) is 120 Å². The number of allylic oxidation sites excluding steroid dienone is 4. The summed E-state index contributed by atoms with van der Waals surface area (Å²) < 4.78 is 1.41. The summed E-state index contributed by atoms with van der Waals surface area (Å²) in [7, 11) is 0. The number of rotatable bonds is 4. The van der Waals surface area contributed by atoms with Crippen LogP contribution in [0.25, 0.3) is 0 Å². The summed E-state index contributed by atoms with van der Waals surface area (Å²) in [5, 5.41) is 10.8. The second kappa shape index (κ2) is 8.25. The largest absolute Gasteiger partial charge is 0.393 e. The van der Waals surface area contributed by atoms with E-state index in [0.717, 1.165) is 18.3 Å². The van der Waals surface area contributed by atoms with Gasteiger partial charge in [0.05, 0.1) is 6.10 Å². The summed E-state index contributed by atoms with van der Waals surface area (Å²) in [6.45, 7) is 19.6. The fourth-order valence-electron chi connectivity index (χ4n) is 9.43. The van der Waals surface area contributed by atoms with E-state index in [1.807, 2.05) is 11.1 Å². The molecule has 0 aliphatic heterocycles. The standard InChI is InChI=1S/C30H49BrO/c1-19(2)24(31)11-9-20(3)21-13-17-30(8)23-10-12-25-27(4,5)26(32)15-16-28(25,6)22(23)14-18-29(21,30)7/h20-21,25-26,32H,9-18H2,1-8H3. The summed E-state index contributed by atoms with van der Waals surface area (Å²) in [6.07, 6.45) is 12.5. The predicted octanol–water partition coefficient (Wildman–Crippen LogP) is 9.20. The first-order chi connectivity index (χ1) is 14.8. The highest BCUT2D eigenvalue weighted by Crippen LogP contribution is 2.72. The van der Waals surface area contributed by atoms with Crippen molar-refractivity contribution in [2.24, 2.45) is 39.4 Å². The van der Waals surface area contributed by atoms with Gasteiger partial charge in [0, 0.05) is 0 Å². The Bertz CT molecular complexity index is 817. The zero-order valence-electron chi connectivity index (χ0n) is 22.2. The van der Waals surface area contributed by atoms with Gasteiger partial charge in [-0.25, -0.2) is 0 Å². The molecule has 0 heterocycles. The number of hydrogen-bond donors (Lipinski definition) is 1. The Balaban J connectivity index is 1.64. The lowest BCUT2D eigenvalue weighted by Crippen LogP contribution is -2.55. The molecule has 0 aromatic rings. The predicted molar refractivity (Wildman–Crippen MR) is 141 cm³/mol. The molecule has 0 bridgehead atoms. The van der Waals surface area contributed by atoms with Crippen molar-refractivity contribution in [2.75, 3.05) is 0 Å². The minimum Gasteiger partial charge on any atom is -0.393 e. The molecular formula is C30H49BrO. The van der Waals surface area contributed by atoms with Crippen LogP contribution in [0.3, 0.4) is 0 Å². The molecule has 182 valence electrons. The molecule has 4 aliphatic carbocycles. The van der Waals surface area contributed by atoms with Crippen LogP contribution in [-0.4, -0.2) is 11.2 Å². The van der Waals surface area contributed by atoms with Crippen LogP contribution in [0.4, 0.5) is 0 Å². The molecule has 0 aromatic carbocycles. The molecule has 32 heavy (non-hydrogen) atoms. The van der Waals surface area contributed by atoms with Gasteiger partial charge in [-0.2, -0.15) is 0 Å². The van der Waals surface area contributed by atoms with Crippen LogP contribution in [-0.2, 0) is 0 Å². The van der Waals surface area contributed by atoms with Crippen molar-refractivity contribution in [3.8, 4) is 0 Å². The molecule has 7 unspecified atom stereocenters. The molecule has 2 fully saturated rings. The lowest BCUT2D eigenvalue weighted by atomic mass is 9.43. The fourth-order valence-corrected chi connectivity index (χ4v) is 9.66. The number of aliphatic hydroxyl groups excluding tert-OH is 1. The van der Waals surface area contributed by atoms with E-state index < -0.39 is 0 Å². The van der Waals surface area contributed by atoms with Gasteiger partial charge in [-0.3, -0.25) is 0 Å². The van der Waals surface area contributed by atoms with Crippen LogP contribution < -0.4 is 0 Å². The highest BCUT2D eigenvalue weighted by atomic mass is 79.9. The Morgan fingerprint density at radius 3 is 2.31 bits per heavy atom. The van der Waals surface area contributed by atoms with E-state index in [1.54, 1.807) is 0 Å². The SMILES string of the molecule is CC(C)=C(Br)CCC(C)C1CCC2(C)C3=C(CCC12C)C1(C)CCC(O)C(C)(C)C1CC3. The molecule has 0 spiro atoms. The van der Waals surface area contributed by atoms with Gasteiger partial charge in [0.25, 0.3) is 0 Å². The van der Waals surface area contributed by atoms with Crippen molar-refractivity contribution in [2.45, 2.75) is 126 Å². The van der Waals surface area contributed by atoms with Crippen molar-refractivity contribution in [1.29, 1.82) is 0 Å². The Morgan fingerprint density at radius 2 is 1.66 bits per heavy atom. The molecule has 0 radical (unpaired) electrons. The lowest BCUT2D eigenvalue weighted by molar-refractivity contribution is -0.0962. The van der Waals surface area contributed by atoms with Crippen LogP contribution in [0, 0.1) is 39.4 Å². The Morgan fingerprint density at radius 1 is 0.969 bits per heavy atom. The smallest absolute Gasteiger partial charge is 0.0594 e. The molecule has 4 aliphatic rings. The van der Waals surface area contributed by atoms with Gasteiger partial charge in [-0.15, -0.1) is 0 Å². The van der Waals surface area contributed by atoms with E-state index >= 15 is 0 Å². The summed E-state index contributed by atoms with van der Waals surface area (Å²) in [6, 6.07) is 0. The van der Waals surface area contributed by atoms with Gasteiger partial charge >= 0.3 is 0 Å². The average molecular weight is 506 g/mol. The van der Waals surface area contributed by atoms with Gasteiger partial charge in [-0.1, -0.05) is 74.2 Å². The summed E-state index contributed by atoms with van der Waals surface area (Å²) in [4.78, 5) is 0. The molecule has 7 atom stereocenters. The average Bonchev–Trinajstić information content (AvgIpc) is 3.00. The number of fused-ring (bicyclic) bond motifs is 4. The lowest BCUT2D eigenvalue weighted by Gasteiger charge is -2.62. The van der Waals surface area contributed by atoms with Crippen LogP contribution >= 0.6 is 15.9 Å². The topological polar surface area (TPSA) is 20.2 Å². The van der Waals surface area contributed by atoms with Gasteiger partial charge in [0.15, 0.2) is 0 Å². The minimum atomic E-state index is -0.135. The molecule has 0 aromatic heterocycles. The van der Waals surface area contributed by atoms with Crippen LogP contribution in [0.5, 0.6) is 0 Å². The zero-order chi connectivity index (χ0) is 23.7. The first-order valence-corrected chi connectivity index (χ1v) is 14.3. The Hall–Kier alpha value is -0.0800. The first kappa shape index (κ1) is 25.0. The number of hydrogen-bond acceptors (Lipinski definition) is 1. The summed E-state index contributed by atoms with van der Waals surface area (Å²) in [5.74, 6) is 2.25. The third-order valence-corrected chi connectivity index (χ3v) is 13.0. The second-order valence-electron chi connectivity index (χ2n) is 13.7. The molecule has 0 saturated heterocycles. The maximum atomic E-state index is 10.8. The van der Waals surface area contributed by atoms with Crippen LogP contribution in [0.15, 0.2) is 21.2 Å². The minimum absolute atomic E-state index is 0.0399. The Labute approximate surface area is 207 Å². The van der Waals surface area contributed by atoms with E-state index in [2.05, 4.69) is 71.3 Å². The molecule has 1 nitrogen and oxygen atoms in total. The maximum Gasteiger partial charge on any atom is 0.0594 e. The molecule has 2 heteroatoms.